The Morgan fingerprint density at radius 3 is 2.50 bits per heavy atom. The molecule has 0 saturated heterocycles. The Balaban J connectivity index is 2.86. The van der Waals surface area contributed by atoms with Crippen molar-refractivity contribution in [2.45, 2.75) is 39.7 Å². The van der Waals surface area contributed by atoms with Gasteiger partial charge in [0, 0.05) is 19.0 Å². The number of hydrogen-bond acceptors (Lipinski definition) is 2. The largest absolute Gasteiger partial charge is 0.481 e. The van der Waals surface area contributed by atoms with E-state index in [9.17, 15) is 18.4 Å². The molecular weight excluding hydrogens is 292 g/mol. The van der Waals surface area contributed by atoms with Crippen molar-refractivity contribution in [2.24, 2.45) is 5.92 Å². The number of nitrogens with zero attached hydrogens (tertiary/aromatic N) is 1. The molecule has 0 heterocycles. The highest BCUT2D eigenvalue weighted by atomic mass is 19.2. The fourth-order valence-electron chi connectivity index (χ4n) is 2.22. The summed E-state index contributed by atoms with van der Waals surface area (Å²) >= 11 is 0. The summed E-state index contributed by atoms with van der Waals surface area (Å²) in [4.78, 5) is 24.5. The highest BCUT2D eigenvalue weighted by Gasteiger charge is 2.21. The van der Waals surface area contributed by atoms with E-state index in [1.165, 1.54) is 11.0 Å². The van der Waals surface area contributed by atoms with Crippen LogP contribution >= 0.6 is 0 Å². The number of hydrogen-bond donors (Lipinski definition) is 1. The maximum Gasteiger partial charge on any atom is 0.305 e. The van der Waals surface area contributed by atoms with Gasteiger partial charge in [0.25, 0.3) is 0 Å². The van der Waals surface area contributed by atoms with Gasteiger partial charge >= 0.3 is 5.97 Å². The summed E-state index contributed by atoms with van der Waals surface area (Å²) in [6.45, 7) is 3.85. The van der Waals surface area contributed by atoms with Crippen LogP contribution in [0.4, 0.5) is 8.78 Å². The maximum atomic E-state index is 13.3. The molecule has 22 heavy (non-hydrogen) atoms. The molecule has 0 radical (unpaired) electrons. The van der Waals surface area contributed by atoms with Crippen molar-refractivity contribution in [3.63, 3.8) is 0 Å². The summed E-state index contributed by atoms with van der Waals surface area (Å²) in [5.41, 5.74) is 0.432. The van der Waals surface area contributed by atoms with Gasteiger partial charge in [-0.15, -0.1) is 0 Å². The molecular formula is C16H21F2NO3. The van der Waals surface area contributed by atoms with Gasteiger partial charge in [0.15, 0.2) is 11.6 Å². The zero-order valence-corrected chi connectivity index (χ0v) is 12.8. The normalized spacial score (nSPS) is 12.0. The van der Waals surface area contributed by atoms with E-state index in [-0.39, 0.29) is 31.3 Å². The zero-order valence-electron chi connectivity index (χ0n) is 12.8. The number of carboxylic acids is 1. The molecule has 1 unspecified atom stereocenters. The molecule has 6 heteroatoms. The van der Waals surface area contributed by atoms with Crippen molar-refractivity contribution < 1.29 is 23.5 Å². The van der Waals surface area contributed by atoms with E-state index in [0.717, 1.165) is 18.6 Å². The number of rotatable bonds is 8. The minimum absolute atomic E-state index is 0.0429. The van der Waals surface area contributed by atoms with E-state index in [2.05, 4.69) is 0 Å². The van der Waals surface area contributed by atoms with Gasteiger partial charge in [0.1, 0.15) is 0 Å². The molecule has 0 aromatic heterocycles. The highest BCUT2D eigenvalue weighted by molar-refractivity contribution is 5.79. The summed E-state index contributed by atoms with van der Waals surface area (Å²) < 4.78 is 26.2. The van der Waals surface area contributed by atoms with E-state index in [0.29, 0.717) is 12.0 Å². The van der Waals surface area contributed by atoms with Crippen LogP contribution in [0.25, 0.3) is 0 Å². The van der Waals surface area contributed by atoms with Crippen LogP contribution in [0.3, 0.4) is 0 Å². The third kappa shape index (κ3) is 5.42. The predicted molar refractivity (Wildman–Crippen MR) is 78.1 cm³/mol. The highest BCUT2D eigenvalue weighted by Crippen LogP contribution is 2.15. The third-order valence-electron chi connectivity index (χ3n) is 3.41. The van der Waals surface area contributed by atoms with Crippen molar-refractivity contribution in [3.8, 4) is 0 Å². The van der Waals surface area contributed by atoms with E-state index >= 15 is 0 Å². The van der Waals surface area contributed by atoms with Gasteiger partial charge in [-0.25, -0.2) is 8.78 Å². The number of carbonyl (C=O) groups is 2. The second-order valence-electron chi connectivity index (χ2n) is 5.34. The SMILES string of the molecule is CCCC(C)C(=O)N(CCC(=O)O)Cc1ccc(F)c(F)c1. The van der Waals surface area contributed by atoms with Crippen molar-refractivity contribution >= 4 is 11.9 Å². The second kappa shape index (κ2) is 8.46. The van der Waals surface area contributed by atoms with Gasteiger partial charge < -0.3 is 10.0 Å². The van der Waals surface area contributed by atoms with Crippen LogP contribution < -0.4 is 0 Å². The van der Waals surface area contributed by atoms with Crippen LogP contribution in [-0.2, 0) is 16.1 Å². The van der Waals surface area contributed by atoms with Gasteiger partial charge in [0.2, 0.25) is 5.91 Å². The number of carbonyl (C=O) groups excluding carboxylic acids is 1. The number of halogens is 2. The van der Waals surface area contributed by atoms with Gasteiger partial charge in [-0.1, -0.05) is 26.3 Å². The molecule has 1 aromatic carbocycles. The second-order valence-corrected chi connectivity index (χ2v) is 5.34. The average molecular weight is 313 g/mol. The number of amides is 1. The van der Waals surface area contributed by atoms with Crippen molar-refractivity contribution in [3.05, 3.63) is 35.4 Å². The number of aliphatic carboxylic acids is 1. The standard InChI is InChI=1S/C16H21F2NO3/c1-3-4-11(2)16(22)19(8-7-15(20)21)10-12-5-6-13(17)14(18)9-12/h5-6,9,11H,3-4,7-8,10H2,1-2H3,(H,20,21). The molecule has 0 spiro atoms. The van der Waals surface area contributed by atoms with Crippen molar-refractivity contribution in [2.75, 3.05) is 6.54 Å². The zero-order chi connectivity index (χ0) is 16.7. The first-order chi connectivity index (χ1) is 10.3. The van der Waals surface area contributed by atoms with E-state index in [4.69, 9.17) is 5.11 Å². The minimum atomic E-state index is -1.01. The topological polar surface area (TPSA) is 57.6 Å². The Morgan fingerprint density at radius 2 is 1.95 bits per heavy atom. The molecule has 4 nitrogen and oxygen atoms in total. The van der Waals surface area contributed by atoms with Gasteiger partial charge in [-0.05, 0) is 24.1 Å². The number of benzene rings is 1. The van der Waals surface area contributed by atoms with E-state index in [1.807, 2.05) is 6.92 Å². The quantitative estimate of drug-likeness (QED) is 0.802. The molecule has 1 N–H and O–H groups in total. The Morgan fingerprint density at radius 1 is 1.27 bits per heavy atom. The predicted octanol–water partition coefficient (Wildman–Crippen LogP) is 3.20. The Labute approximate surface area is 128 Å². The van der Waals surface area contributed by atoms with Crippen LogP contribution in [0, 0.1) is 17.6 Å². The smallest absolute Gasteiger partial charge is 0.305 e. The van der Waals surface area contributed by atoms with Gasteiger partial charge in [-0.2, -0.15) is 0 Å². The van der Waals surface area contributed by atoms with Crippen molar-refractivity contribution in [1.29, 1.82) is 0 Å². The average Bonchev–Trinajstić information content (AvgIpc) is 2.46. The molecule has 1 aromatic rings. The fraction of sp³-hybridized carbons (Fsp3) is 0.500. The lowest BCUT2D eigenvalue weighted by atomic mass is 10.0. The van der Waals surface area contributed by atoms with Crippen LogP contribution in [-0.4, -0.2) is 28.4 Å². The summed E-state index contributed by atoms with van der Waals surface area (Å²) in [7, 11) is 0. The molecule has 1 rings (SSSR count). The van der Waals surface area contributed by atoms with E-state index < -0.39 is 17.6 Å². The van der Waals surface area contributed by atoms with Crippen LogP contribution in [0.5, 0.6) is 0 Å². The van der Waals surface area contributed by atoms with Crippen molar-refractivity contribution in [1.82, 2.24) is 4.90 Å². The monoisotopic (exact) mass is 313 g/mol. The molecule has 0 aliphatic heterocycles. The van der Waals surface area contributed by atoms with E-state index in [1.54, 1.807) is 6.92 Å². The minimum Gasteiger partial charge on any atom is -0.481 e. The first-order valence-corrected chi connectivity index (χ1v) is 7.29. The Bertz CT molecular complexity index is 534. The number of carboxylic acid groups (broad SMARTS) is 1. The molecule has 1 amide bonds. The molecule has 0 bridgehead atoms. The molecule has 0 saturated carbocycles. The maximum absolute atomic E-state index is 13.3. The summed E-state index contributed by atoms with van der Waals surface area (Å²) in [6, 6.07) is 3.42. The van der Waals surface area contributed by atoms with Crippen LogP contribution in [0.2, 0.25) is 0 Å². The van der Waals surface area contributed by atoms with Gasteiger partial charge in [-0.3, -0.25) is 9.59 Å². The molecule has 0 aliphatic carbocycles. The first-order valence-electron chi connectivity index (χ1n) is 7.29. The Kier molecular flexibility index (Phi) is 6.95. The summed E-state index contributed by atoms with van der Waals surface area (Å²) in [6.07, 6.45) is 1.35. The van der Waals surface area contributed by atoms with Crippen LogP contribution in [0.15, 0.2) is 18.2 Å². The lowest BCUT2D eigenvalue weighted by Gasteiger charge is -2.25. The third-order valence-corrected chi connectivity index (χ3v) is 3.41. The molecule has 122 valence electrons. The summed E-state index contributed by atoms with van der Waals surface area (Å²) in [5, 5.41) is 8.79. The molecule has 1 atom stereocenters. The summed E-state index contributed by atoms with van der Waals surface area (Å²) in [5.74, 6) is -3.35. The van der Waals surface area contributed by atoms with Crippen LogP contribution in [0.1, 0.15) is 38.7 Å². The molecule has 0 fully saturated rings. The lowest BCUT2D eigenvalue weighted by Crippen LogP contribution is -2.36. The fourth-order valence-corrected chi connectivity index (χ4v) is 2.22. The Hall–Kier alpha value is -1.98. The first kappa shape index (κ1) is 18.1. The lowest BCUT2D eigenvalue weighted by molar-refractivity contribution is -0.140. The van der Waals surface area contributed by atoms with Gasteiger partial charge in [0.05, 0.1) is 6.42 Å². The molecule has 0 aliphatic rings.